The van der Waals surface area contributed by atoms with Gasteiger partial charge in [0.15, 0.2) is 6.23 Å². The number of thiophene rings is 1. The summed E-state index contributed by atoms with van der Waals surface area (Å²) in [6.07, 6.45) is 10.3. The monoisotopic (exact) mass is 578 g/mol. The van der Waals surface area contributed by atoms with Crippen LogP contribution in [-0.4, -0.2) is 45.4 Å². The molecule has 1 aromatic heterocycles. The molecular formula is C32H42N4O2S2. The molecule has 0 aromatic carbocycles. The smallest absolute Gasteiger partial charge is 0.260 e. The lowest BCUT2D eigenvalue weighted by molar-refractivity contribution is -0.123. The Labute approximate surface area is 248 Å². The number of nitriles is 2. The van der Waals surface area contributed by atoms with Crippen LogP contribution in [-0.2, 0) is 4.79 Å². The molecule has 1 N–H and O–H groups in total. The Balaban J connectivity index is 1.84. The summed E-state index contributed by atoms with van der Waals surface area (Å²) in [6.45, 7) is 10.1. The minimum absolute atomic E-state index is 0.0454. The minimum atomic E-state index is -0.931. The van der Waals surface area contributed by atoms with Crippen molar-refractivity contribution in [3.8, 4) is 12.1 Å². The molecule has 0 spiro atoms. The topological polar surface area (TPSA) is 91.4 Å². The lowest BCUT2D eigenvalue weighted by Crippen LogP contribution is -2.39. The zero-order valence-electron chi connectivity index (χ0n) is 24.3. The van der Waals surface area contributed by atoms with Crippen LogP contribution in [0.5, 0.6) is 0 Å². The van der Waals surface area contributed by atoms with Crippen LogP contribution in [0.3, 0.4) is 0 Å². The van der Waals surface area contributed by atoms with Crippen LogP contribution in [0, 0.1) is 34.5 Å². The summed E-state index contributed by atoms with van der Waals surface area (Å²) < 4.78 is 0. The molecule has 4 atom stereocenters. The summed E-state index contributed by atoms with van der Waals surface area (Å²) in [5.41, 5.74) is 2.96. The van der Waals surface area contributed by atoms with E-state index >= 15 is 0 Å². The molecule has 0 saturated heterocycles. The Bertz CT molecular complexity index is 1260. The van der Waals surface area contributed by atoms with Crippen molar-refractivity contribution in [3.05, 3.63) is 49.7 Å². The highest BCUT2D eigenvalue weighted by atomic mass is 32.2. The van der Waals surface area contributed by atoms with Crippen molar-refractivity contribution in [1.29, 1.82) is 10.5 Å². The lowest BCUT2D eigenvalue weighted by atomic mass is 9.98. The standard InChI is InChI=1S/C32H42N4O2S2/c1-5-9-11-21(7-3)19-35-29(25-15-13-23(17-33)39-25)27-28(31(35)37)30(26-16-14-24(18-34)40-26)36(32(27)38)20-22(8-4)12-10-6-2/h13-15,21-22,26,32,38H,5-12,16,19-20H2,1-4H3. The van der Waals surface area contributed by atoms with Crippen LogP contribution in [0.25, 0.3) is 5.70 Å². The highest BCUT2D eigenvalue weighted by molar-refractivity contribution is 8.04. The number of unbranched alkanes of at least 4 members (excludes halogenated alkanes) is 2. The van der Waals surface area contributed by atoms with Gasteiger partial charge in [-0.05, 0) is 43.2 Å². The fraction of sp³-hybridized carbons (Fsp3) is 0.594. The van der Waals surface area contributed by atoms with Crippen molar-refractivity contribution in [1.82, 2.24) is 9.80 Å². The number of allylic oxidation sites excluding steroid dienone is 2. The quantitative estimate of drug-likeness (QED) is 0.247. The summed E-state index contributed by atoms with van der Waals surface area (Å²) in [6, 6.07) is 8.25. The van der Waals surface area contributed by atoms with Crippen molar-refractivity contribution in [2.24, 2.45) is 11.8 Å². The van der Waals surface area contributed by atoms with Gasteiger partial charge in [0.1, 0.15) is 17.0 Å². The van der Waals surface area contributed by atoms with Crippen LogP contribution < -0.4 is 0 Å². The number of carbonyl (C=O) groups excluding carboxylic acids is 1. The van der Waals surface area contributed by atoms with E-state index in [1.54, 1.807) is 6.07 Å². The summed E-state index contributed by atoms with van der Waals surface area (Å²) in [4.78, 5) is 20.5. The molecule has 3 aliphatic rings. The van der Waals surface area contributed by atoms with Crippen LogP contribution in [0.15, 0.2) is 40.0 Å². The largest absolute Gasteiger partial charge is 0.369 e. The van der Waals surface area contributed by atoms with Crippen molar-refractivity contribution < 1.29 is 9.90 Å². The van der Waals surface area contributed by atoms with Gasteiger partial charge >= 0.3 is 0 Å². The Hall–Kier alpha value is -2.52. The second kappa shape index (κ2) is 13.9. The van der Waals surface area contributed by atoms with Gasteiger partial charge in [-0.25, -0.2) is 0 Å². The predicted molar refractivity (Wildman–Crippen MR) is 164 cm³/mol. The van der Waals surface area contributed by atoms with E-state index in [4.69, 9.17) is 0 Å². The average molecular weight is 579 g/mol. The number of carbonyl (C=O) groups is 1. The molecule has 4 rings (SSSR count). The van der Waals surface area contributed by atoms with E-state index in [1.807, 2.05) is 17.0 Å². The van der Waals surface area contributed by atoms with Crippen LogP contribution in [0.1, 0.15) is 95.2 Å². The van der Waals surface area contributed by atoms with Crippen molar-refractivity contribution in [2.75, 3.05) is 13.1 Å². The van der Waals surface area contributed by atoms with Gasteiger partial charge in [-0.1, -0.05) is 72.3 Å². The Kier molecular flexibility index (Phi) is 10.6. The highest BCUT2D eigenvalue weighted by Gasteiger charge is 2.51. The summed E-state index contributed by atoms with van der Waals surface area (Å²) in [5, 5.41) is 31.1. The SMILES string of the molecule is CCCCC(CC)CN1C(=O)C2=C(C3CC=C(C#N)S3)N(CC(CC)CCCC)C(O)C2=C1c1ccc(C#N)s1. The first-order valence-electron chi connectivity index (χ1n) is 14.9. The van der Waals surface area contributed by atoms with E-state index in [1.165, 1.54) is 23.1 Å². The minimum Gasteiger partial charge on any atom is -0.369 e. The van der Waals surface area contributed by atoms with Gasteiger partial charge in [0.25, 0.3) is 5.91 Å². The first kappa shape index (κ1) is 30.4. The van der Waals surface area contributed by atoms with Crippen LogP contribution in [0.4, 0.5) is 0 Å². The molecule has 4 heterocycles. The third kappa shape index (κ3) is 6.05. The van der Waals surface area contributed by atoms with Crippen LogP contribution in [0.2, 0.25) is 0 Å². The fourth-order valence-electron chi connectivity index (χ4n) is 6.13. The number of aliphatic hydroxyl groups excluding tert-OH is 1. The second-order valence-electron chi connectivity index (χ2n) is 11.1. The molecule has 1 amide bonds. The Morgan fingerprint density at radius 2 is 1.70 bits per heavy atom. The fourth-order valence-corrected chi connectivity index (χ4v) is 8.11. The van der Waals surface area contributed by atoms with Crippen molar-refractivity contribution in [3.63, 3.8) is 0 Å². The Morgan fingerprint density at radius 1 is 1.02 bits per heavy atom. The summed E-state index contributed by atoms with van der Waals surface area (Å²) in [5.74, 6) is 0.716. The van der Waals surface area contributed by atoms with E-state index in [2.05, 4.69) is 44.7 Å². The third-order valence-electron chi connectivity index (χ3n) is 8.51. The molecule has 0 bridgehead atoms. The molecule has 214 valence electrons. The number of hydrogen-bond donors (Lipinski definition) is 1. The molecule has 0 aliphatic carbocycles. The van der Waals surface area contributed by atoms with E-state index in [0.29, 0.717) is 52.3 Å². The van der Waals surface area contributed by atoms with Crippen molar-refractivity contribution >= 4 is 34.7 Å². The number of hydrogen-bond acceptors (Lipinski definition) is 7. The maximum absolute atomic E-state index is 14.4. The Morgan fingerprint density at radius 3 is 2.25 bits per heavy atom. The number of fused-ring (bicyclic) bond motifs is 1. The molecule has 0 radical (unpaired) electrons. The zero-order chi connectivity index (χ0) is 28.8. The molecule has 6 nitrogen and oxygen atoms in total. The van der Waals surface area contributed by atoms with E-state index in [-0.39, 0.29) is 11.2 Å². The number of thioether (sulfide) groups is 1. The normalized spacial score (nSPS) is 22.1. The second-order valence-corrected chi connectivity index (χ2v) is 13.4. The number of nitrogens with zero attached hydrogens (tertiary/aromatic N) is 4. The molecule has 0 saturated carbocycles. The number of amides is 1. The van der Waals surface area contributed by atoms with Gasteiger partial charge in [0.2, 0.25) is 0 Å². The molecule has 3 aliphatic heterocycles. The maximum atomic E-state index is 14.4. The van der Waals surface area contributed by atoms with Gasteiger partial charge in [-0.2, -0.15) is 10.5 Å². The lowest BCUT2D eigenvalue weighted by Gasteiger charge is -2.34. The molecule has 0 fully saturated rings. The van der Waals surface area contributed by atoms with Crippen molar-refractivity contribution in [2.45, 2.75) is 97.0 Å². The first-order chi connectivity index (χ1) is 19.4. The zero-order valence-corrected chi connectivity index (χ0v) is 25.9. The molecular weight excluding hydrogens is 537 g/mol. The highest BCUT2D eigenvalue weighted by Crippen LogP contribution is 2.51. The number of rotatable bonds is 14. The van der Waals surface area contributed by atoms with Gasteiger partial charge in [0, 0.05) is 24.4 Å². The predicted octanol–water partition coefficient (Wildman–Crippen LogP) is 7.41. The van der Waals surface area contributed by atoms with Gasteiger partial charge in [0.05, 0.1) is 26.3 Å². The number of aliphatic hydroxyl groups is 1. The molecule has 1 aromatic rings. The van der Waals surface area contributed by atoms with E-state index in [9.17, 15) is 20.4 Å². The summed E-state index contributed by atoms with van der Waals surface area (Å²) in [7, 11) is 0. The van der Waals surface area contributed by atoms with Gasteiger partial charge < -0.3 is 14.9 Å². The van der Waals surface area contributed by atoms with Gasteiger partial charge in [-0.3, -0.25) is 4.79 Å². The van der Waals surface area contributed by atoms with E-state index < -0.39 is 6.23 Å². The third-order valence-corrected chi connectivity index (χ3v) is 10.7. The maximum Gasteiger partial charge on any atom is 0.260 e. The first-order valence-corrected chi connectivity index (χ1v) is 16.6. The summed E-state index contributed by atoms with van der Waals surface area (Å²) >= 11 is 2.89. The molecule has 8 heteroatoms. The molecule has 4 unspecified atom stereocenters. The average Bonchev–Trinajstić information content (AvgIpc) is 3.74. The molecule has 40 heavy (non-hydrogen) atoms. The van der Waals surface area contributed by atoms with Crippen LogP contribution >= 0.6 is 23.1 Å². The van der Waals surface area contributed by atoms with Gasteiger partial charge in [-0.15, -0.1) is 23.1 Å². The van der Waals surface area contributed by atoms with E-state index in [0.717, 1.165) is 67.6 Å².